The Morgan fingerprint density at radius 1 is 1.36 bits per heavy atom. The van der Waals surface area contributed by atoms with Crippen LogP contribution in [0.2, 0.25) is 0 Å². The first-order chi connectivity index (χ1) is 10.7. The van der Waals surface area contributed by atoms with Crippen LogP contribution in [0.5, 0.6) is 0 Å². The van der Waals surface area contributed by atoms with E-state index in [-0.39, 0.29) is 18.6 Å². The summed E-state index contributed by atoms with van der Waals surface area (Å²) in [7, 11) is 0. The maximum absolute atomic E-state index is 12.1. The lowest BCUT2D eigenvalue weighted by molar-refractivity contribution is -0.118. The smallest absolute Gasteiger partial charge is 0.238 e. The summed E-state index contributed by atoms with van der Waals surface area (Å²) in [6.45, 7) is 4.98. The fraction of sp³-hybridized carbons (Fsp3) is 0.588. The molecular weight excluding hydrogens is 280 g/mol. The van der Waals surface area contributed by atoms with Crippen LogP contribution < -0.4 is 5.32 Å². The molecular formula is C17H26N2O3. The van der Waals surface area contributed by atoms with Crippen LogP contribution in [0.15, 0.2) is 24.3 Å². The van der Waals surface area contributed by atoms with Crippen LogP contribution in [0.4, 0.5) is 5.69 Å². The summed E-state index contributed by atoms with van der Waals surface area (Å²) in [4.78, 5) is 14.3. The number of benzene rings is 1. The van der Waals surface area contributed by atoms with Crippen molar-refractivity contribution in [1.29, 1.82) is 0 Å². The number of aliphatic hydroxyl groups excluding tert-OH is 1. The number of anilines is 1. The van der Waals surface area contributed by atoms with Crippen molar-refractivity contribution in [3.63, 3.8) is 0 Å². The molecule has 5 heteroatoms. The highest BCUT2D eigenvalue weighted by Crippen LogP contribution is 2.15. The number of nitrogens with zero attached hydrogens (tertiary/aromatic N) is 1. The fourth-order valence-electron chi connectivity index (χ4n) is 2.65. The van der Waals surface area contributed by atoms with E-state index in [0.717, 1.165) is 37.2 Å². The van der Waals surface area contributed by atoms with Gasteiger partial charge in [0.05, 0.1) is 12.6 Å². The molecule has 22 heavy (non-hydrogen) atoms. The molecule has 1 aromatic carbocycles. The summed E-state index contributed by atoms with van der Waals surface area (Å²) < 4.78 is 5.70. The molecule has 0 aromatic heterocycles. The zero-order valence-corrected chi connectivity index (χ0v) is 13.3. The number of piperidine rings is 1. The quantitative estimate of drug-likeness (QED) is 0.754. The van der Waals surface area contributed by atoms with Gasteiger partial charge in [0.1, 0.15) is 0 Å². The lowest BCUT2D eigenvalue weighted by Crippen LogP contribution is -2.41. The monoisotopic (exact) mass is 306 g/mol. The van der Waals surface area contributed by atoms with Crippen LogP contribution in [-0.2, 0) is 9.53 Å². The van der Waals surface area contributed by atoms with Crippen molar-refractivity contribution in [2.75, 3.05) is 38.2 Å². The number of amides is 1. The largest absolute Gasteiger partial charge is 0.396 e. The third-order valence-electron chi connectivity index (χ3n) is 3.98. The number of aliphatic hydroxyl groups is 1. The first-order valence-corrected chi connectivity index (χ1v) is 7.99. The second kappa shape index (κ2) is 8.88. The van der Waals surface area contributed by atoms with Crippen LogP contribution in [0.3, 0.4) is 0 Å². The fourth-order valence-corrected chi connectivity index (χ4v) is 2.65. The maximum atomic E-state index is 12.1. The third kappa shape index (κ3) is 5.40. The van der Waals surface area contributed by atoms with Gasteiger partial charge in [0.15, 0.2) is 0 Å². The summed E-state index contributed by atoms with van der Waals surface area (Å²) >= 11 is 0. The molecule has 0 spiro atoms. The Morgan fingerprint density at radius 3 is 2.77 bits per heavy atom. The molecule has 122 valence electrons. The minimum atomic E-state index is 0.0361. The molecule has 2 N–H and O–H groups in total. The highest BCUT2D eigenvalue weighted by molar-refractivity contribution is 5.92. The molecule has 0 radical (unpaired) electrons. The van der Waals surface area contributed by atoms with Gasteiger partial charge in [-0.15, -0.1) is 0 Å². The van der Waals surface area contributed by atoms with Crippen molar-refractivity contribution in [3.8, 4) is 0 Å². The number of hydrogen-bond donors (Lipinski definition) is 2. The van der Waals surface area contributed by atoms with Gasteiger partial charge in [-0.3, -0.25) is 9.69 Å². The maximum Gasteiger partial charge on any atom is 0.238 e. The highest BCUT2D eigenvalue weighted by atomic mass is 16.5. The number of carbonyl (C=O) groups is 1. The molecule has 1 aliphatic rings. The zero-order valence-electron chi connectivity index (χ0n) is 13.3. The average Bonchev–Trinajstić information content (AvgIpc) is 2.51. The molecule has 5 nitrogen and oxygen atoms in total. The molecule has 2 rings (SSSR count). The minimum absolute atomic E-state index is 0.0361. The average molecular weight is 306 g/mol. The van der Waals surface area contributed by atoms with Crippen LogP contribution >= 0.6 is 0 Å². The van der Waals surface area contributed by atoms with Gasteiger partial charge in [0.2, 0.25) is 5.91 Å². The number of hydrogen-bond acceptors (Lipinski definition) is 4. The number of aryl methyl sites for hydroxylation is 1. The van der Waals surface area contributed by atoms with Crippen molar-refractivity contribution >= 4 is 11.6 Å². The number of ether oxygens (including phenoxy) is 1. The van der Waals surface area contributed by atoms with Crippen LogP contribution in [0, 0.1) is 6.92 Å². The third-order valence-corrected chi connectivity index (χ3v) is 3.98. The molecule has 0 atom stereocenters. The Kier molecular flexibility index (Phi) is 6.83. The topological polar surface area (TPSA) is 61.8 Å². The lowest BCUT2D eigenvalue weighted by atomic mass is 10.1. The van der Waals surface area contributed by atoms with E-state index in [1.54, 1.807) is 0 Å². The van der Waals surface area contributed by atoms with E-state index in [1.807, 2.05) is 31.2 Å². The highest BCUT2D eigenvalue weighted by Gasteiger charge is 2.21. The molecule has 0 unspecified atom stereocenters. The van der Waals surface area contributed by atoms with Crippen molar-refractivity contribution < 1.29 is 14.6 Å². The molecule has 1 amide bonds. The molecule has 1 saturated heterocycles. The van der Waals surface area contributed by atoms with Crippen molar-refractivity contribution in [2.24, 2.45) is 0 Å². The molecule has 1 heterocycles. The van der Waals surface area contributed by atoms with Crippen LogP contribution in [0.1, 0.15) is 24.8 Å². The van der Waals surface area contributed by atoms with Gasteiger partial charge in [-0.25, -0.2) is 0 Å². The van der Waals surface area contributed by atoms with Gasteiger partial charge in [0.25, 0.3) is 0 Å². The number of carbonyl (C=O) groups excluding carboxylic acids is 1. The van der Waals surface area contributed by atoms with E-state index in [4.69, 9.17) is 9.84 Å². The molecule has 0 saturated carbocycles. The Balaban J connectivity index is 1.69. The molecule has 1 aromatic rings. The van der Waals surface area contributed by atoms with Gasteiger partial charge in [-0.2, -0.15) is 0 Å². The summed E-state index contributed by atoms with van der Waals surface area (Å²) in [6.07, 6.45) is 2.85. The number of nitrogens with one attached hydrogen (secondary N) is 1. The Morgan fingerprint density at radius 2 is 2.09 bits per heavy atom. The van der Waals surface area contributed by atoms with E-state index in [2.05, 4.69) is 10.2 Å². The first-order valence-electron chi connectivity index (χ1n) is 7.99. The molecule has 1 fully saturated rings. The van der Waals surface area contributed by atoms with Crippen molar-refractivity contribution in [3.05, 3.63) is 29.8 Å². The summed E-state index contributed by atoms with van der Waals surface area (Å²) in [5.74, 6) is 0.0361. The van der Waals surface area contributed by atoms with E-state index in [1.165, 1.54) is 0 Å². The van der Waals surface area contributed by atoms with E-state index < -0.39 is 0 Å². The summed E-state index contributed by atoms with van der Waals surface area (Å²) in [5, 5.41) is 11.7. The molecule has 1 aliphatic heterocycles. The van der Waals surface area contributed by atoms with Crippen molar-refractivity contribution in [2.45, 2.75) is 32.3 Å². The van der Waals surface area contributed by atoms with Gasteiger partial charge in [-0.1, -0.05) is 18.2 Å². The lowest BCUT2D eigenvalue weighted by Gasteiger charge is -2.31. The predicted molar refractivity (Wildman–Crippen MR) is 86.9 cm³/mol. The zero-order chi connectivity index (χ0) is 15.8. The number of para-hydroxylation sites is 1. The Bertz CT molecular complexity index is 471. The minimum Gasteiger partial charge on any atom is -0.396 e. The van der Waals surface area contributed by atoms with Crippen LogP contribution in [-0.4, -0.2) is 54.9 Å². The predicted octanol–water partition coefficient (Wildman–Crippen LogP) is 1.80. The second-order valence-electron chi connectivity index (χ2n) is 5.79. The number of likely N-dealkylation sites (tertiary alicyclic amines) is 1. The number of rotatable bonds is 7. The summed E-state index contributed by atoms with van der Waals surface area (Å²) in [5.41, 5.74) is 1.96. The van der Waals surface area contributed by atoms with E-state index in [0.29, 0.717) is 19.6 Å². The van der Waals surface area contributed by atoms with Crippen molar-refractivity contribution in [1.82, 2.24) is 4.90 Å². The van der Waals surface area contributed by atoms with E-state index >= 15 is 0 Å². The van der Waals surface area contributed by atoms with Gasteiger partial charge < -0.3 is 15.2 Å². The normalized spacial score (nSPS) is 16.6. The Labute approximate surface area is 132 Å². The van der Waals surface area contributed by atoms with Crippen LogP contribution in [0.25, 0.3) is 0 Å². The Hall–Kier alpha value is -1.43. The molecule has 0 aliphatic carbocycles. The second-order valence-corrected chi connectivity index (χ2v) is 5.79. The standard InChI is InChI=1S/C17H26N2O3/c1-14-5-2-3-6-16(14)18-17(21)13-19-9-7-15(8-10-19)22-12-4-11-20/h2-3,5-6,15,20H,4,7-13H2,1H3,(H,18,21). The van der Waals surface area contributed by atoms with Gasteiger partial charge in [0, 0.05) is 32.0 Å². The SMILES string of the molecule is Cc1ccccc1NC(=O)CN1CCC(OCCCO)CC1. The first kappa shape index (κ1) is 16.9. The van der Waals surface area contributed by atoms with Gasteiger partial charge in [-0.05, 0) is 37.8 Å². The van der Waals surface area contributed by atoms with Gasteiger partial charge >= 0.3 is 0 Å². The van der Waals surface area contributed by atoms with E-state index in [9.17, 15) is 4.79 Å². The summed E-state index contributed by atoms with van der Waals surface area (Å²) in [6, 6.07) is 7.81. The molecule has 0 bridgehead atoms.